The molecule has 0 radical (unpaired) electrons. The standard InChI is InChI=1S/C19H17ClN4O5/c20-13-5-6-14(16(11-13)24(27)28)21-7-9-22(10-8-21)18(25)12-23-15-3-1-2-4-17(15)29-19(23)26/h1-6,11H,7-10,12H2. The topological polar surface area (TPSA) is 102 Å². The molecule has 1 amide bonds. The number of hydrogen-bond acceptors (Lipinski definition) is 6. The first kappa shape index (κ1) is 19.0. The third-order valence-electron chi connectivity index (χ3n) is 4.97. The van der Waals surface area contributed by atoms with Crippen molar-refractivity contribution >= 4 is 40.0 Å². The zero-order valence-corrected chi connectivity index (χ0v) is 16.0. The van der Waals surface area contributed by atoms with E-state index in [0.29, 0.717) is 48.0 Å². The van der Waals surface area contributed by atoms with Crippen molar-refractivity contribution in [3.05, 3.63) is 68.2 Å². The van der Waals surface area contributed by atoms with Crippen LogP contribution in [0.25, 0.3) is 11.1 Å². The number of fused-ring (bicyclic) bond motifs is 1. The SMILES string of the molecule is O=C(Cn1c(=O)oc2ccccc21)N1CCN(c2ccc(Cl)cc2[N+](=O)[O-])CC1. The van der Waals surface area contributed by atoms with Gasteiger partial charge in [0, 0.05) is 37.3 Å². The molecule has 1 aliphatic heterocycles. The molecule has 1 fully saturated rings. The van der Waals surface area contributed by atoms with E-state index in [1.807, 2.05) is 4.90 Å². The first-order valence-electron chi connectivity index (χ1n) is 8.99. The summed E-state index contributed by atoms with van der Waals surface area (Å²) in [6.07, 6.45) is 0. The normalized spacial score (nSPS) is 14.4. The van der Waals surface area contributed by atoms with E-state index in [-0.39, 0.29) is 18.1 Å². The Morgan fingerprint density at radius 1 is 1.14 bits per heavy atom. The third kappa shape index (κ3) is 3.68. The Hall–Kier alpha value is -3.33. The van der Waals surface area contributed by atoms with Crippen molar-refractivity contribution in [2.24, 2.45) is 0 Å². The van der Waals surface area contributed by atoms with Gasteiger partial charge in [-0.1, -0.05) is 23.7 Å². The van der Waals surface area contributed by atoms with Crippen LogP contribution in [0.1, 0.15) is 0 Å². The molecule has 29 heavy (non-hydrogen) atoms. The van der Waals surface area contributed by atoms with Gasteiger partial charge in [-0.2, -0.15) is 0 Å². The van der Waals surface area contributed by atoms with Crippen LogP contribution in [0.5, 0.6) is 0 Å². The van der Waals surface area contributed by atoms with Gasteiger partial charge in [0.1, 0.15) is 12.2 Å². The van der Waals surface area contributed by atoms with Crippen molar-refractivity contribution in [3.63, 3.8) is 0 Å². The maximum absolute atomic E-state index is 12.7. The third-order valence-corrected chi connectivity index (χ3v) is 5.21. The molecule has 1 aromatic heterocycles. The van der Waals surface area contributed by atoms with Crippen LogP contribution in [-0.2, 0) is 11.3 Å². The Morgan fingerprint density at radius 3 is 2.59 bits per heavy atom. The Balaban J connectivity index is 1.46. The molecule has 2 aromatic carbocycles. The summed E-state index contributed by atoms with van der Waals surface area (Å²) in [5, 5.41) is 11.6. The minimum Gasteiger partial charge on any atom is -0.408 e. The number of carbonyl (C=O) groups excluding carboxylic acids is 1. The molecule has 4 rings (SSSR count). The van der Waals surface area contributed by atoms with E-state index in [2.05, 4.69) is 0 Å². The van der Waals surface area contributed by atoms with Crippen LogP contribution < -0.4 is 10.7 Å². The highest BCUT2D eigenvalue weighted by Gasteiger charge is 2.26. The van der Waals surface area contributed by atoms with E-state index < -0.39 is 10.7 Å². The maximum atomic E-state index is 12.7. The quantitative estimate of drug-likeness (QED) is 0.478. The van der Waals surface area contributed by atoms with E-state index in [1.54, 1.807) is 41.3 Å². The van der Waals surface area contributed by atoms with Gasteiger partial charge < -0.3 is 14.2 Å². The number of piperazine rings is 1. The maximum Gasteiger partial charge on any atom is 0.420 e. The zero-order valence-electron chi connectivity index (χ0n) is 15.3. The molecule has 9 nitrogen and oxygen atoms in total. The van der Waals surface area contributed by atoms with E-state index in [9.17, 15) is 19.7 Å². The lowest BCUT2D eigenvalue weighted by atomic mass is 10.2. The van der Waals surface area contributed by atoms with Crippen LogP contribution in [0.15, 0.2) is 51.7 Å². The highest BCUT2D eigenvalue weighted by molar-refractivity contribution is 6.30. The molecule has 0 atom stereocenters. The second-order valence-corrected chi connectivity index (χ2v) is 7.12. The summed E-state index contributed by atoms with van der Waals surface area (Å²) in [7, 11) is 0. The van der Waals surface area contributed by atoms with Crippen molar-refractivity contribution in [1.29, 1.82) is 0 Å². The fraction of sp³-hybridized carbons (Fsp3) is 0.263. The summed E-state index contributed by atoms with van der Waals surface area (Å²) in [5.41, 5.74) is 1.42. The number of hydrogen-bond donors (Lipinski definition) is 0. The minimum atomic E-state index is -0.574. The number of nitro groups is 1. The van der Waals surface area contributed by atoms with E-state index in [0.717, 1.165) is 0 Å². The zero-order chi connectivity index (χ0) is 20.5. The second-order valence-electron chi connectivity index (χ2n) is 6.68. The van der Waals surface area contributed by atoms with Crippen molar-refractivity contribution in [2.75, 3.05) is 31.1 Å². The van der Waals surface area contributed by atoms with Crippen LogP contribution in [0.3, 0.4) is 0 Å². The number of nitro benzene ring substituents is 1. The van der Waals surface area contributed by atoms with Crippen molar-refractivity contribution in [3.8, 4) is 0 Å². The summed E-state index contributed by atoms with van der Waals surface area (Å²) in [4.78, 5) is 39.1. The predicted octanol–water partition coefficient (Wildman–Crippen LogP) is 2.50. The smallest absolute Gasteiger partial charge is 0.408 e. The molecule has 0 N–H and O–H groups in total. The van der Waals surface area contributed by atoms with Crippen LogP contribution >= 0.6 is 11.6 Å². The molecule has 1 saturated heterocycles. The van der Waals surface area contributed by atoms with Crippen molar-refractivity contribution in [2.45, 2.75) is 6.54 Å². The van der Waals surface area contributed by atoms with Crippen LogP contribution in [-0.4, -0.2) is 46.5 Å². The summed E-state index contributed by atoms with van der Waals surface area (Å²) in [6, 6.07) is 11.5. The summed E-state index contributed by atoms with van der Waals surface area (Å²) in [5.74, 6) is -0.779. The Kier molecular flexibility index (Phi) is 4.98. The van der Waals surface area contributed by atoms with Gasteiger partial charge in [0.05, 0.1) is 10.4 Å². The van der Waals surface area contributed by atoms with Gasteiger partial charge in [0.15, 0.2) is 5.58 Å². The first-order valence-corrected chi connectivity index (χ1v) is 9.37. The summed E-state index contributed by atoms with van der Waals surface area (Å²) < 4.78 is 6.47. The molecule has 2 heterocycles. The number of aromatic nitrogens is 1. The average molecular weight is 417 g/mol. The van der Waals surface area contributed by atoms with E-state index in [1.165, 1.54) is 10.6 Å². The molecule has 3 aromatic rings. The lowest BCUT2D eigenvalue weighted by molar-refractivity contribution is -0.384. The first-order chi connectivity index (χ1) is 13.9. The van der Waals surface area contributed by atoms with E-state index in [4.69, 9.17) is 16.0 Å². The van der Waals surface area contributed by atoms with Crippen LogP contribution in [0.4, 0.5) is 11.4 Å². The molecule has 0 aliphatic carbocycles. The molecule has 0 unspecified atom stereocenters. The van der Waals surface area contributed by atoms with Gasteiger partial charge in [-0.05, 0) is 24.3 Å². The monoisotopic (exact) mass is 416 g/mol. The van der Waals surface area contributed by atoms with Crippen LogP contribution in [0, 0.1) is 10.1 Å². The average Bonchev–Trinajstić information content (AvgIpc) is 3.03. The van der Waals surface area contributed by atoms with Crippen molar-refractivity contribution < 1.29 is 14.1 Å². The molecule has 1 aliphatic rings. The number of para-hydroxylation sites is 2. The number of rotatable bonds is 4. The molecular weight excluding hydrogens is 400 g/mol. The van der Waals surface area contributed by atoms with Gasteiger partial charge >= 0.3 is 5.76 Å². The molecule has 0 spiro atoms. The van der Waals surface area contributed by atoms with Crippen molar-refractivity contribution in [1.82, 2.24) is 9.47 Å². The number of amides is 1. The fourth-order valence-electron chi connectivity index (χ4n) is 3.51. The molecular formula is C19H17ClN4O5. The number of oxazole rings is 1. The second kappa shape index (κ2) is 7.59. The minimum absolute atomic E-state index is 0.0614. The number of benzene rings is 2. The van der Waals surface area contributed by atoms with Crippen LogP contribution in [0.2, 0.25) is 5.02 Å². The fourth-order valence-corrected chi connectivity index (χ4v) is 3.67. The molecule has 150 valence electrons. The molecule has 0 bridgehead atoms. The number of halogens is 1. The lowest BCUT2D eigenvalue weighted by Crippen LogP contribution is -2.50. The Bertz CT molecular complexity index is 1150. The lowest BCUT2D eigenvalue weighted by Gasteiger charge is -2.35. The highest BCUT2D eigenvalue weighted by Crippen LogP contribution is 2.31. The highest BCUT2D eigenvalue weighted by atomic mass is 35.5. The van der Waals surface area contributed by atoms with Gasteiger partial charge in [-0.15, -0.1) is 0 Å². The van der Waals surface area contributed by atoms with Gasteiger partial charge in [-0.3, -0.25) is 19.5 Å². The Morgan fingerprint density at radius 2 is 1.86 bits per heavy atom. The van der Waals surface area contributed by atoms with Gasteiger partial charge in [0.25, 0.3) is 5.69 Å². The van der Waals surface area contributed by atoms with Gasteiger partial charge in [-0.25, -0.2) is 4.79 Å². The summed E-state index contributed by atoms with van der Waals surface area (Å²) >= 11 is 5.88. The Labute approximate surface area is 169 Å². The molecule has 10 heteroatoms. The largest absolute Gasteiger partial charge is 0.420 e. The number of carbonyl (C=O) groups is 1. The summed E-state index contributed by atoms with van der Waals surface area (Å²) in [6.45, 7) is 1.55. The molecule has 0 saturated carbocycles. The number of nitrogens with zero attached hydrogens (tertiary/aromatic N) is 4. The van der Waals surface area contributed by atoms with E-state index >= 15 is 0 Å². The number of anilines is 1. The predicted molar refractivity (Wildman–Crippen MR) is 107 cm³/mol. The van der Waals surface area contributed by atoms with Gasteiger partial charge in [0.2, 0.25) is 5.91 Å².